The number of hydrogen-bond acceptors (Lipinski definition) is 4. The fraction of sp³-hybridized carbons (Fsp3) is 0.714. The molecule has 1 aliphatic heterocycles. The Kier molecular flexibility index (Phi) is 4.63. The van der Waals surface area contributed by atoms with E-state index in [1.54, 1.807) is 0 Å². The zero-order valence-corrected chi connectivity index (χ0v) is 12.4. The van der Waals surface area contributed by atoms with E-state index >= 15 is 0 Å². The van der Waals surface area contributed by atoms with E-state index in [0.717, 1.165) is 12.5 Å². The number of nitrogens with zero attached hydrogens (tertiary/aromatic N) is 1. The fourth-order valence-electron chi connectivity index (χ4n) is 2.60. The van der Waals surface area contributed by atoms with E-state index in [1.807, 2.05) is 11.3 Å². The molecule has 2 aliphatic rings. The Morgan fingerprint density at radius 1 is 1.33 bits per heavy atom. The third-order valence-corrected chi connectivity index (χ3v) is 5.74. The maximum atomic E-state index is 3.79. The van der Waals surface area contributed by atoms with Gasteiger partial charge in [-0.2, -0.15) is 11.8 Å². The summed E-state index contributed by atoms with van der Waals surface area (Å²) in [5, 5.41) is 6.00. The van der Waals surface area contributed by atoms with Crippen LogP contribution in [-0.2, 0) is 0 Å². The van der Waals surface area contributed by atoms with Crippen LogP contribution in [0.15, 0.2) is 17.5 Å². The highest BCUT2D eigenvalue weighted by Crippen LogP contribution is 2.42. The average Bonchev–Trinajstić information content (AvgIpc) is 3.10. The van der Waals surface area contributed by atoms with Crippen LogP contribution in [-0.4, -0.2) is 42.6 Å². The molecule has 4 heteroatoms. The Labute approximate surface area is 118 Å². The van der Waals surface area contributed by atoms with Crippen molar-refractivity contribution >= 4 is 23.1 Å². The first-order valence-corrected chi connectivity index (χ1v) is 9.04. The van der Waals surface area contributed by atoms with Gasteiger partial charge in [-0.05, 0) is 30.2 Å². The van der Waals surface area contributed by atoms with E-state index in [9.17, 15) is 0 Å². The van der Waals surface area contributed by atoms with Crippen molar-refractivity contribution in [2.75, 3.05) is 37.7 Å². The molecule has 1 unspecified atom stereocenters. The predicted molar refractivity (Wildman–Crippen MR) is 81.6 cm³/mol. The molecule has 0 amide bonds. The van der Waals surface area contributed by atoms with Crippen LogP contribution in [0, 0.1) is 5.92 Å². The summed E-state index contributed by atoms with van der Waals surface area (Å²) in [6.45, 7) is 4.91. The summed E-state index contributed by atoms with van der Waals surface area (Å²) < 4.78 is 0. The zero-order chi connectivity index (χ0) is 12.2. The highest BCUT2D eigenvalue weighted by molar-refractivity contribution is 7.99. The predicted octanol–water partition coefficient (Wildman–Crippen LogP) is 2.84. The largest absolute Gasteiger partial charge is 0.308 e. The van der Waals surface area contributed by atoms with Crippen LogP contribution in [0.2, 0.25) is 0 Å². The van der Waals surface area contributed by atoms with Crippen molar-refractivity contribution in [3.8, 4) is 0 Å². The Balaban J connectivity index is 1.45. The van der Waals surface area contributed by atoms with E-state index in [-0.39, 0.29) is 0 Å². The Bertz CT molecular complexity index is 343. The maximum absolute atomic E-state index is 3.79. The van der Waals surface area contributed by atoms with Crippen LogP contribution < -0.4 is 5.32 Å². The van der Waals surface area contributed by atoms with E-state index in [0.29, 0.717) is 6.04 Å². The molecule has 3 rings (SSSR count). The van der Waals surface area contributed by atoms with E-state index in [1.165, 1.54) is 48.9 Å². The monoisotopic (exact) mass is 282 g/mol. The maximum Gasteiger partial charge on any atom is 0.0443 e. The molecule has 1 N–H and O–H groups in total. The van der Waals surface area contributed by atoms with Crippen LogP contribution in [0.3, 0.4) is 0 Å². The number of nitrogens with one attached hydrogen (secondary N) is 1. The summed E-state index contributed by atoms with van der Waals surface area (Å²) in [5.74, 6) is 3.54. The quantitative estimate of drug-likeness (QED) is 0.864. The SMILES string of the molecule is c1csc(C(NCCN2CCSCC2)C2CC2)c1. The molecule has 1 saturated carbocycles. The van der Waals surface area contributed by atoms with Gasteiger partial charge in [0.1, 0.15) is 0 Å². The molecular weight excluding hydrogens is 260 g/mol. The van der Waals surface area contributed by atoms with E-state index < -0.39 is 0 Å². The molecule has 0 radical (unpaired) electrons. The average molecular weight is 282 g/mol. The van der Waals surface area contributed by atoms with Crippen LogP contribution in [0.4, 0.5) is 0 Å². The molecule has 1 aromatic rings. The topological polar surface area (TPSA) is 15.3 Å². The molecule has 1 aliphatic carbocycles. The van der Waals surface area contributed by atoms with Crippen molar-refractivity contribution in [2.24, 2.45) is 5.92 Å². The molecule has 1 atom stereocenters. The van der Waals surface area contributed by atoms with Gasteiger partial charge in [-0.15, -0.1) is 11.3 Å². The van der Waals surface area contributed by atoms with Gasteiger partial charge in [-0.3, -0.25) is 0 Å². The summed E-state index contributed by atoms with van der Waals surface area (Å²) in [6.07, 6.45) is 2.83. The smallest absolute Gasteiger partial charge is 0.0443 e. The van der Waals surface area contributed by atoms with Gasteiger partial charge in [-0.25, -0.2) is 0 Å². The molecule has 18 heavy (non-hydrogen) atoms. The highest BCUT2D eigenvalue weighted by atomic mass is 32.2. The van der Waals surface area contributed by atoms with Crippen molar-refractivity contribution in [1.29, 1.82) is 0 Å². The van der Waals surface area contributed by atoms with Crippen molar-refractivity contribution in [1.82, 2.24) is 10.2 Å². The fourth-order valence-corrected chi connectivity index (χ4v) is 4.47. The second-order valence-electron chi connectivity index (χ2n) is 5.24. The first-order valence-electron chi connectivity index (χ1n) is 7.00. The molecular formula is C14H22N2S2. The van der Waals surface area contributed by atoms with Gasteiger partial charge in [0.05, 0.1) is 0 Å². The number of thiophene rings is 1. The molecule has 2 heterocycles. The summed E-state index contributed by atoms with van der Waals surface area (Å²) in [7, 11) is 0. The first-order chi connectivity index (χ1) is 8.93. The standard InChI is InChI=1S/C14H22N2S2/c1-2-13(18-9-1)14(12-3-4-12)15-5-6-16-7-10-17-11-8-16/h1-2,9,12,14-15H,3-8,10-11H2. The second-order valence-corrected chi connectivity index (χ2v) is 7.44. The van der Waals surface area contributed by atoms with Crippen LogP contribution in [0.25, 0.3) is 0 Å². The van der Waals surface area contributed by atoms with Gasteiger partial charge in [0.25, 0.3) is 0 Å². The lowest BCUT2D eigenvalue weighted by Crippen LogP contribution is -2.38. The summed E-state index contributed by atoms with van der Waals surface area (Å²) >= 11 is 4.00. The lowest BCUT2D eigenvalue weighted by Gasteiger charge is -2.27. The molecule has 0 bridgehead atoms. The highest BCUT2D eigenvalue weighted by Gasteiger charge is 2.32. The Hall–Kier alpha value is -0.0300. The Morgan fingerprint density at radius 3 is 2.83 bits per heavy atom. The molecule has 2 nitrogen and oxygen atoms in total. The summed E-state index contributed by atoms with van der Waals surface area (Å²) in [5.41, 5.74) is 0. The normalized spacial score (nSPS) is 23.1. The van der Waals surface area contributed by atoms with Crippen molar-refractivity contribution in [2.45, 2.75) is 18.9 Å². The zero-order valence-electron chi connectivity index (χ0n) is 10.8. The van der Waals surface area contributed by atoms with Crippen molar-refractivity contribution < 1.29 is 0 Å². The Morgan fingerprint density at radius 2 is 2.17 bits per heavy atom. The van der Waals surface area contributed by atoms with Crippen LogP contribution in [0.5, 0.6) is 0 Å². The van der Waals surface area contributed by atoms with Crippen molar-refractivity contribution in [3.05, 3.63) is 22.4 Å². The molecule has 2 fully saturated rings. The number of rotatable bonds is 6. The lowest BCUT2D eigenvalue weighted by atomic mass is 10.1. The number of hydrogen-bond donors (Lipinski definition) is 1. The molecule has 0 aromatic carbocycles. The van der Waals surface area contributed by atoms with Crippen LogP contribution in [0.1, 0.15) is 23.8 Å². The van der Waals surface area contributed by atoms with Gasteiger partial charge >= 0.3 is 0 Å². The van der Waals surface area contributed by atoms with E-state index in [4.69, 9.17) is 0 Å². The van der Waals surface area contributed by atoms with Gasteiger partial charge in [-0.1, -0.05) is 6.07 Å². The summed E-state index contributed by atoms with van der Waals surface area (Å²) in [4.78, 5) is 4.13. The molecule has 1 saturated heterocycles. The molecule has 0 spiro atoms. The van der Waals surface area contributed by atoms with Gasteiger partial charge < -0.3 is 10.2 Å². The summed E-state index contributed by atoms with van der Waals surface area (Å²) in [6, 6.07) is 5.10. The third kappa shape index (κ3) is 3.50. The minimum Gasteiger partial charge on any atom is -0.308 e. The first kappa shape index (κ1) is 13.0. The van der Waals surface area contributed by atoms with Gasteiger partial charge in [0.2, 0.25) is 0 Å². The second kappa shape index (κ2) is 6.42. The van der Waals surface area contributed by atoms with Crippen molar-refractivity contribution in [3.63, 3.8) is 0 Å². The minimum absolute atomic E-state index is 0.629. The van der Waals surface area contributed by atoms with Gasteiger partial charge in [0.15, 0.2) is 0 Å². The van der Waals surface area contributed by atoms with Gasteiger partial charge in [0, 0.05) is 48.6 Å². The number of thioether (sulfide) groups is 1. The lowest BCUT2D eigenvalue weighted by molar-refractivity contribution is 0.292. The molecule has 1 aromatic heterocycles. The van der Waals surface area contributed by atoms with Crippen LogP contribution >= 0.6 is 23.1 Å². The van der Waals surface area contributed by atoms with E-state index in [2.05, 4.69) is 39.5 Å². The minimum atomic E-state index is 0.629. The molecule has 100 valence electrons. The third-order valence-electron chi connectivity index (χ3n) is 3.84.